The summed E-state index contributed by atoms with van der Waals surface area (Å²) in [5.74, 6) is 0. The second-order valence-corrected chi connectivity index (χ2v) is 3.27. The van der Waals surface area contributed by atoms with Crippen LogP contribution in [0.1, 0.15) is 0 Å². The molecule has 0 saturated carbocycles. The number of methoxy groups -OCH3 is 1. The Bertz CT molecular complexity index is 357. The van der Waals surface area contributed by atoms with Crippen molar-refractivity contribution in [3.8, 4) is 0 Å². The number of hydrogen-bond acceptors (Lipinski definition) is 4. The zero-order valence-electron chi connectivity index (χ0n) is 9.66. The van der Waals surface area contributed by atoms with Crippen LogP contribution in [0.4, 0.5) is 43.9 Å². The Kier molecular flexibility index (Phi) is 5.50. The molecule has 0 bridgehead atoms. The van der Waals surface area contributed by atoms with E-state index in [1.54, 1.807) is 0 Å². The summed E-state index contributed by atoms with van der Waals surface area (Å²) in [7, 11) is -0.0933. The van der Waals surface area contributed by atoms with E-state index in [1.165, 1.54) is 0 Å². The molecule has 0 aromatic carbocycles. The van der Waals surface area contributed by atoms with Gasteiger partial charge in [-0.2, -0.15) is 43.9 Å². The van der Waals surface area contributed by atoms with Gasteiger partial charge < -0.3 is 9.84 Å². The van der Waals surface area contributed by atoms with Gasteiger partial charge in [0.15, 0.2) is 0 Å². The topological polar surface area (TPSA) is 47.9 Å². The molecule has 0 atom stereocenters. The van der Waals surface area contributed by atoms with Crippen LogP contribution in [0.25, 0.3) is 0 Å². The lowest BCUT2D eigenvalue weighted by atomic mass is 10.5. The van der Waals surface area contributed by atoms with Crippen molar-refractivity contribution in [2.24, 2.45) is 0 Å². The highest BCUT2D eigenvalue weighted by Crippen LogP contribution is 2.46. The van der Waals surface area contributed by atoms with Crippen LogP contribution >= 0.6 is 0 Å². The summed E-state index contributed by atoms with van der Waals surface area (Å²) >= 11 is 0. The minimum Gasteiger partial charge on any atom is -0.387 e. The molecule has 0 fully saturated rings. The maximum absolute atomic E-state index is 12.6. The van der Waals surface area contributed by atoms with Crippen molar-refractivity contribution in [2.75, 3.05) is 13.7 Å². The fourth-order valence-electron chi connectivity index (χ4n) is 0.678. The van der Waals surface area contributed by atoms with Gasteiger partial charge in [-0.05, 0) is 0 Å². The summed E-state index contributed by atoms with van der Waals surface area (Å²) in [6.45, 7) is -2.52. The van der Waals surface area contributed by atoms with E-state index in [2.05, 4.69) is 9.47 Å². The van der Waals surface area contributed by atoms with Gasteiger partial charge in [-0.1, -0.05) is 0 Å². The molecule has 14 heteroatoms. The Balaban J connectivity index is 5.30. The molecule has 0 rings (SSSR count). The van der Waals surface area contributed by atoms with Crippen LogP contribution in [0.5, 0.6) is 0 Å². The highest BCUT2D eigenvalue weighted by Gasteiger charge is 2.72. The molecule has 4 nitrogen and oxygen atoms in total. The van der Waals surface area contributed by atoms with E-state index in [0.29, 0.717) is 0 Å². The summed E-state index contributed by atoms with van der Waals surface area (Å²) in [6.07, 6.45) is -30.5. The van der Waals surface area contributed by atoms with Crippen molar-refractivity contribution in [3.05, 3.63) is 0 Å². The molecule has 0 spiro atoms. The van der Waals surface area contributed by atoms with E-state index in [0.717, 1.165) is 0 Å². The third-order valence-electron chi connectivity index (χ3n) is 1.65. The van der Waals surface area contributed by atoms with Gasteiger partial charge in [0.2, 0.25) is 0 Å². The Labute approximate surface area is 109 Å². The Morgan fingerprint density at radius 1 is 0.667 bits per heavy atom. The lowest BCUT2D eigenvalue weighted by Crippen LogP contribution is -2.56. The summed E-state index contributed by atoms with van der Waals surface area (Å²) < 4.78 is 131. The highest BCUT2D eigenvalue weighted by molar-refractivity contribution is 4.75. The van der Waals surface area contributed by atoms with Gasteiger partial charge in [0.1, 0.15) is 6.61 Å². The number of aliphatic hydroxyl groups excluding tert-OH is 1. The first kappa shape index (κ1) is 20.1. The zero-order chi connectivity index (χ0) is 17.3. The molecule has 128 valence electrons. The van der Waals surface area contributed by atoms with Gasteiger partial charge in [0.25, 0.3) is 0 Å². The largest absolute Gasteiger partial charge is 0.453 e. The summed E-state index contributed by atoms with van der Waals surface area (Å²) in [5, 5.41) is 7.84. The van der Waals surface area contributed by atoms with Crippen LogP contribution in [0.3, 0.4) is 0 Å². The van der Waals surface area contributed by atoms with Crippen molar-refractivity contribution in [1.82, 2.24) is 0 Å². The van der Waals surface area contributed by atoms with Crippen LogP contribution in [-0.4, -0.2) is 49.4 Å². The quantitative estimate of drug-likeness (QED) is 0.688. The molecule has 0 aliphatic rings. The second kappa shape index (κ2) is 5.73. The predicted molar refractivity (Wildman–Crippen MR) is 41.0 cm³/mol. The molecule has 1 N–H and O–H groups in total. The Hall–Kier alpha value is -0.860. The zero-order valence-corrected chi connectivity index (χ0v) is 9.66. The van der Waals surface area contributed by atoms with E-state index in [4.69, 9.17) is 5.11 Å². The van der Waals surface area contributed by atoms with Crippen LogP contribution < -0.4 is 0 Å². The van der Waals surface area contributed by atoms with Crippen LogP contribution in [0.2, 0.25) is 0 Å². The van der Waals surface area contributed by atoms with Gasteiger partial charge in [-0.3, -0.25) is 0 Å². The van der Waals surface area contributed by atoms with Crippen LogP contribution in [0.15, 0.2) is 0 Å². The lowest BCUT2D eigenvalue weighted by molar-refractivity contribution is -0.544. The van der Waals surface area contributed by atoms with Crippen molar-refractivity contribution in [1.29, 1.82) is 0 Å². The number of rotatable bonds is 8. The summed E-state index contributed by atoms with van der Waals surface area (Å²) in [5.41, 5.74) is 0. The first-order valence-corrected chi connectivity index (χ1v) is 4.49. The third-order valence-corrected chi connectivity index (χ3v) is 1.65. The fourth-order valence-corrected chi connectivity index (χ4v) is 0.678. The smallest absolute Gasteiger partial charge is 0.387 e. The molecular weight excluding hydrogens is 338 g/mol. The molecule has 21 heavy (non-hydrogen) atoms. The fraction of sp³-hybridized carbons (Fsp3) is 1.00. The lowest BCUT2D eigenvalue weighted by Gasteiger charge is -2.32. The SMILES string of the molecule is COC(F)(F)C(F)(F)OC(F)(F)C(F)(F)OC(F)(F)CO. The predicted octanol–water partition coefficient (Wildman–Crippen LogP) is 2.62. The molecule has 0 aromatic rings. The molecular formula is C7H6F10O4. The van der Waals surface area contributed by atoms with Gasteiger partial charge in [-0.25, -0.2) is 9.47 Å². The van der Waals surface area contributed by atoms with E-state index >= 15 is 0 Å². The first-order valence-electron chi connectivity index (χ1n) is 4.49. The number of aliphatic hydroxyl groups is 1. The molecule has 0 aliphatic carbocycles. The van der Waals surface area contributed by atoms with Gasteiger partial charge >= 0.3 is 30.5 Å². The molecule has 0 aromatic heterocycles. The van der Waals surface area contributed by atoms with Crippen LogP contribution in [-0.2, 0) is 14.2 Å². The standard InChI is InChI=1S/C7H6F10O4/c1-19-4(10,11)5(12,13)21-7(16,17)6(14,15)20-3(8,9)2-18/h18H,2H2,1H3. The molecule has 0 saturated heterocycles. The number of hydrogen-bond donors (Lipinski definition) is 1. The van der Waals surface area contributed by atoms with Crippen molar-refractivity contribution < 1.29 is 63.2 Å². The number of alkyl halides is 10. The first-order chi connectivity index (χ1) is 9.04. The van der Waals surface area contributed by atoms with E-state index in [-0.39, 0.29) is 7.11 Å². The highest BCUT2D eigenvalue weighted by atomic mass is 19.4. The summed E-state index contributed by atoms with van der Waals surface area (Å²) in [4.78, 5) is 0. The van der Waals surface area contributed by atoms with Gasteiger partial charge in [0.05, 0.1) is 0 Å². The number of halogens is 10. The van der Waals surface area contributed by atoms with Crippen molar-refractivity contribution in [3.63, 3.8) is 0 Å². The monoisotopic (exact) mass is 344 g/mol. The maximum atomic E-state index is 12.6. The normalized spacial score (nSPS) is 15.4. The molecule has 0 amide bonds. The van der Waals surface area contributed by atoms with E-state index in [9.17, 15) is 43.9 Å². The number of ether oxygens (including phenoxy) is 3. The molecule has 0 heterocycles. The third kappa shape index (κ3) is 4.55. The molecule has 0 unspecified atom stereocenters. The second-order valence-electron chi connectivity index (χ2n) is 3.27. The Morgan fingerprint density at radius 2 is 1.00 bits per heavy atom. The van der Waals surface area contributed by atoms with E-state index in [1.807, 2.05) is 4.74 Å². The van der Waals surface area contributed by atoms with E-state index < -0.39 is 37.1 Å². The molecule has 0 radical (unpaired) electrons. The maximum Gasteiger partial charge on any atom is 0.453 e. The molecule has 0 aliphatic heterocycles. The minimum absolute atomic E-state index is 0.0933. The Morgan fingerprint density at radius 3 is 1.33 bits per heavy atom. The van der Waals surface area contributed by atoms with Gasteiger partial charge in [-0.15, -0.1) is 0 Å². The van der Waals surface area contributed by atoms with Crippen molar-refractivity contribution >= 4 is 0 Å². The minimum atomic E-state index is -6.61. The van der Waals surface area contributed by atoms with Gasteiger partial charge in [0, 0.05) is 7.11 Å². The van der Waals surface area contributed by atoms with Crippen LogP contribution in [0, 0.1) is 0 Å². The van der Waals surface area contributed by atoms with Crippen molar-refractivity contribution in [2.45, 2.75) is 30.5 Å². The average molecular weight is 344 g/mol. The summed E-state index contributed by atoms with van der Waals surface area (Å²) in [6, 6.07) is 0. The average Bonchev–Trinajstić information content (AvgIpc) is 2.25.